The van der Waals surface area contributed by atoms with Gasteiger partial charge in [0.25, 0.3) is 9.05 Å². The van der Waals surface area contributed by atoms with E-state index in [0.717, 1.165) is 11.1 Å². The Bertz CT molecular complexity index is 637. The smallest absolute Gasteiger partial charge is 0.207 e. The van der Waals surface area contributed by atoms with Gasteiger partial charge in [-0.2, -0.15) is 0 Å². The molecule has 0 N–H and O–H groups in total. The molecule has 5 heteroatoms. The van der Waals surface area contributed by atoms with Crippen molar-refractivity contribution in [2.24, 2.45) is 0 Å². The van der Waals surface area contributed by atoms with Crippen LogP contribution in [0.25, 0.3) is 11.1 Å². The second-order valence-corrected chi connectivity index (χ2v) is 6.53. The van der Waals surface area contributed by atoms with Crippen LogP contribution in [0.3, 0.4) is 0 Å². The van der Waals surface area contributed by atoms with E-state index >= 15 is 0 Å². The third kappa shape index (κ3) is 2.83. The van der Waals surface area contributed by atoms with Crippen molar-refractivity contribution < 1.29 is 8.42 Å². The first-order chi connectivity index (χ1) is 7.98. The van der Waals surface area contributed by atoms with Crippen LogP contribution in [-0.2, 0) is 9.05 Å². The van der Waals surface area contributed by atoms with Crippen molar-refractivity contribution in [1.29, 1.82) is 0 Å². The van der Waals surface area contributed by atoms with Crippen molar-refractivity contribution >= 4 is 32.4 Å². The largest absolute Gasteiger partial charge is 0.261 e. The Labute approximate surface area is 110 Å². The van der Waals surface area contributed by atoms with Gasteiger partial charge in [0.15, 0.2) is 0 Å². The first kappa shape index (κ1) is 12.5. The van der Waals surface area contributed by atoms with Crippen LogP contribution in [-0.4, -0.2) is 8.42 Å². The van der Waals surface area contributed by atoms with Crippen molar-refractivity contribution in [2.45, 2.75) is 9.79 Å². The second kappa shape index (κ2) is 4.72. The van der Waals surface area contributed by atoms with Crippen molar-refractivity contribution in [1.82, 2.24) is 0 Å². The zero-order chi connectivity index (χ0) is 12.5. The van der Waals surface area contributed by atoms with Gasteiger partial charge in [0.05, 0.1) is 4.90 Å². The van der Waals surface area contributed by atoms with Gasteiger partial charge in [-0.05, 0) is 29.3 Å². The molecule has 2 nitrogen and oxygen atoms in total. The molecule has 0 fully saturated rings. The van der Waals surface area contributed by atoms with E-state index in [1.165, 1.54) is 12.1 Å². The first-order valence-electron chi connectivity index (χ1n) is 4.81. The maximum absolute atomic E-state index is 11.3. The average Bonchev–Trinajstić information content (AvgIpc) is 2.29. The lowest BCUT2D eigenvalue weighted by Gasteiger charge is -2.06. The second-order valence-electron chi connectivity index (χ2n) is 3.48. The maximum atomic E-state index is 11.3. The minimum absolute atomic E-state index is 0.0795. The first-order valence-corrected chi connectivity index (χ1v) is 7.57. The molecule has 0 saturated heterocycles. The van der Waals surface area contributed by atoms with Crippen LogP contribution >= 0.6 is 23.3 Å². The quantitative estimate of drug-likeness (QED) is 0.676. The van der Waals surface area contributed by atoms with Gasteiger partial charge in [-0.1, -0.05) is 30.3 Å². The maximum Gasteiger partial charge on any atom is 0.261 e. The molecule has 0 amide bonds. The Morgan fingerprint density at radius 2 is 1.65 bits per heavy atom. The predicted octanol–water partition coefficient (Wildman–Crippen LogP) is 3.57. The molecule has 88 valence electrons. The summed E-state index contributed by atoms with van der Waals surface area (Å²) in [5.41, 5.74) is 1.65. The summed E-state index contributed by atoms with van der Waals surface area (Å²) >= 11 is 4.31. The van der Waals surface area contributed by atoms with Gasteiger partial charge < -0.3 is 0 Å². The Hall–Kier alpha value is -0.970. The van der Waals surface area contributed by atoms with E-state index in [-0.39, 0.29) is 4.90 Å². The third-order valence-corrected chi connectivity index (χ3v) is 4.08. The summed E-state index contributed by atoms with van der Waals surface area (Å²) in [6, 6.07) is 14.0. The number of halogens is 1. The summed E-state index contributed by atoms with van der Waals surface area (Å²) in [6.07, 6.45) is 0. The highest BCUT2D eigenvalue weighted by Gasteiger charge is 2.12. The standard InChI is InChI=1S/C12H9ClO2S2/c13-17(14,15)10-6-7-12(16)11(8-10)9-4-2-1-3-5-9/h1-8,16H. The molecule has 0 aromatic heterocycles. The summed E-state index contributed by atoms with van der Waals surface area (Å²) in [7, 11) is 1.61. The van der Waals surface area contributed by atoms with Gasteiger partial charge in [-0.25, -0.2) is 8.42 Å². The molecular formula is C12H9ClO2S2. The summed E-state index contributed by atoms with van der Waals surface area (Å²) in [5, 5.41) is 0. The fraction of sp³-hybridized carbons (Fsp3) is 0. The zero-order valence-corrected chi connectivity index (χ0v) is 11.1. The van der Waals surface area contributed by atoms with Gasteiger partial charge in [0, 0.05) is 15.6 Å². The monoisotopic (exact) mass is 284 g/mol. The lowest BCUT2D eigenvalue weighted by molar-refractivity contribution is 0.609. The molecule has 0 heterocycles. The van der Waals surface area contributed by atoms with Gasteiger partial charge >= 0.3 is 0 Å². The number of thiol groups is 1. The summed E-state index contributed by atoms with van der Waals surface area (Å²) < 4.78 is 22.5. The van der Waals surface area contributed by atoms with E-state index < -0.39 is 9.05 Å². The van der Waals surface area contributed by atoms with E-state index in [9.17, 15) is 8.42 Å². The van der Waals surface area contributed by atoms with Crippen LogP contribution in [0, 0.1) is 0 Å². The van der Waals surface area contributed by atoms with Crippen LogP contribution < -0.4 is 0 Å². The Morgan fingerprint density at radius 3 is 2.24 bits per heavy atom. The molecule has 0 saturated carbocycles. The van der Waals surface area contributed by atoms with Crippen LogP contribution in [0.5, 0.6) is 0 Å². The SMILES string of the molecule is O=S(=O)(Cl)c1ccc(S)c(-c2ccccc2)c1. The lowest BCUT2D eigenvalue weighted by atomic mass is 10.1. The number of rotatable bonds is 2. The Morgan fingerprint density at radius 1 is 1.00 bits per heavy atom. The molecule has 0 aliphatic rings. The van der Waals surface area contributed by atoms with E-state index in [1.54, 1.807) is 6.07 Å². The molecule has 2 aromatic rings. The Balaban J connectivity index is 2.63. The van der Waals surface area contributed by atoms with Gasteiger partial charge in [0.1, 0.15) is 0 Å². The molecule has 0 bridgehead atoms. The minimum Gasteiger partial charge on any atom is -0.207 e. The van der Waals surface area contributed by atoms with Crippen molar-refractivity contribution in [3.63, 3.8) is 0 Å². The van der Waals surface area contributed by atoms with Gasteiger partial charge in [0.2, 0.25) is 0 Å². The van der Waals surface area contributed by atoms with Crippen LogP contribution in [0.4, 0.5) is 0 Å². The van der Waals surface area contributed by atoms with Crippen molar-refractivity contribution in [2.75, 3.05) is 0 Å². The van der Waals surface area contributed by atoms with E-state index in [1.807, 2.05) is 30.3 Å². The number of hydrogen-bond donors (Lipinski definition) is 1. The van der Waals surface area contributed by atoms with Crippen LogP contribution in [0.2, 0.25) is 0 Å². The van der Waals surface area contributed by atoms with E-state index in [2.05, 4.69) is 12.6 Å². The summed E-state index contributed by atoms with van der Waals surface area (Å²) in [5.74, 6) is 0. The third-order valence-electron chi connectivity index (χ3n) is 2.33. The van der Waals surface area contributed by atoms with Crippen LogP contribution in [0.15, 0.2) is 58.3 Å². The lowest BCUT2D eigenvalue weighted by Crippen LogP contribution is -1.91. The summed E-state index contributed by atoms with van der Waals surface area (Å²) in [4.78, 5) is 0.788. The van der Waals surface area contributed by atoms with Gasteiger partial charge in [-0.3, -0.25) is 0 Å². The molecule has 0 radical (unpaired) electrons. The zero-order valence-electron chi connectivity index (χ0n) is 8.67. The molecule has 0 aliphatic heterocycles. The van der Waals surface area contributed by atoms with Crippen LogP contribution in [0.1, 0.15) is 0 Å². The topological polar surface area (TPSA) is 34.1 Å². The molecule has 2 rings (SSSR count). The minimum atomic E-state index is -3.71. The molecular weight excluding hydrogens is 276 g/mol. The molecule has 17 heavy (non-hydrogen) atoms. The highest BCUT2D eigenvalue weighted by molar-refractivity contribution is 8.13. The van der Waals surface area contributed by atoms with E-state index in [4.69, 9.17) is 10.7 Å². The molecule has 0 spiro atoms. The molecule has 0 aliphatic carbocycles. The van der Waals surface area contributed by atoms with Crippen molar-refractivity contribution in [3.05, 3.63) is 48.5 Å². The number of benzene rings is 2. The molecule has 0 unspecified atom stereocenters. The van der Waals surface area contributed by atoms with E-state index in [0.29, 0.717) is 4.90 Å². The molecule has 0 atom stereocenters. The number of hydrogen-bond acceptors (Lipinski definition) is 3. The highest BCUT2D eigenvalue weighted by atomic mass is 35.7. The van der Waals surface area contributed by atoms with Crippen molar-refractivity contribution in [3.8, 4) is 11.1 Å². The normalized spacial score (nSPS) is 11.4. The fourth-order valence-corrected chi connectivity index (χ4v) is 2.56. The highest BCUT2D eigenvalue weighted by Crippen LogP contribution is 2.29. The van der Waals surface area contributed by atoms with Gasteiger partial charge in [-0.15, -0.1) is 12.6 Å². The average molecular weight is 285 g/mol. The molecule has 2 aromatic carbocycles. The summed E-state index contributed by atoms with van der Waals surface area (Å²) in [6.45, 7) is 0. The Kier molecular flexibility index (Phi) is 3.47. The fourth-order valence-electron chi connectivity index (χ4n) is 1.52. The predicted molar refractivity (Wildman–Crippen MR) is 72.2 cm³/mol.